The second-order valence-electron chi connectivity index (χ2n) is 6.92. The molecule has 21 heavy (non-hydrogen) atoms. The van der Waals surface area contributed by atoms with Crippen LogP contribution in [-0.4, -0.2) is 13.7 Å². The van der Waals surface area contributed by atoms with Gasteiger partial charge in [-0.05, 0) is 55.1 Å². The van der Waals surface area contributed by atoms with E-state index in [1.165, 1.54) is 12.0 Å². The van der Waals surface area contributed by atoms with Crippen LogP contribution >= 0.6 is 0 Å². The monoisotopic (exact) mass is 298 g/mol. The summed E-state index contributed by atoms with van der Waals surface area (Å²) in [7, 11) is -3.18. The van der Waals surface area contributed by atoms with Crippen molar-refractivity contribution in [3.05, 3.63) is 53.6 Å². The molecule has 0 N–H and O–H groups in total. The molecule has 0 saturated heterocycles. The molecule has 1 aromatic carbocycles. The van der Waals surface area contributed by atoms with Crippen molar-refractivity contribution in [2.24, 2.45) is 23.7 Å². The Morgan fingerprint density at radius 2 is 1.57 bits per heavy atom. The zero-order valence-corrected chi connectivity index (χ0v) is 12.6. The van der Waals surface area contributed by atoms with Crippen LogP contribution in [0.3, 0.4) is 0 Å². The molecule has 4 aliphatic carbocycles. The Morgan fingerprint density at radius 1 is 0.857 bits per heavy atom. The van der Waals surface area contributed by atoms with Gasteiger partial charge in [0.25, 0.3) is 0 Å². The van der Waals surface area contributed by atoms with Crippen molar-refractivity contribution in [2.45, 2.75) is 29.4 Å². The topological polar surface area (TPSA) is 34.1 Å². The number of sulfone groups is 1. The molecule has 4 aliphatic rings. The zero-order valence-electron chi connectivity index (χ0n) is 11.8. The van der Waals surface area contributed by atoms with Crippen LogP contribution in [-0.2, 0) is 9.84 Å². The molecule has 108 valence electrons. The maximum absolute atomic E-state index is 13.0. The first kappa shape index (κ1) is 12.2. The van der Waals surface area contributed by atoms with E-state index >= 15 is 0 Å². The fourth-order valence-electron chi connectivity index (χ4n) is 5.32. The summed E-state index contributed by atoms with van der Waals surface area (Å²) < 4.78 is 26.0. The minimum absolute atomic E-state index is 0.184. The van der Waals surface area contributed by atoms with E-state index in [0.29, 0.717) is 22.6 Å². The fraction of sp³-hybridized carbons (Fsp3) is 0.444. The van der Waals surface area contributed by atoms with Gasteiger partial charge in [0.1, 0.15) is 0 Å². The predicted octanol–water partition coefficient (Wildman–Crippen LogP) is 3.37. The minimum Gasteiger partial charge on any atom is -0.223 e. The van der Waals surface area contributed by atoms with Crippen LogP contribution in [0.2, 0.25) is 0 Å². The van der Waals surface area contributed by atoms with Crippen molar-refractivity contribution < 1.29 is 8.42 Å². The standard InChI is InChI=1S/C18H18O2S/c19-21(20,14-4-2-1-3-5-14)16-10-13-9-15(16)18-12-7-6-11(8-12)17(13)18/h1-7,11-13,15-16H,8-10H2/t11-,12-,13+,15+,16+/m0/s1. The van der Waals surface area contributed by atoms with Crippen molar-refractivity contribution in [3.8, 4) is 0 Å². The Hall–Kier alpha value is -1.35. The number of hydrogen-bond donors (Lipinski definition) is 0. The van der Waals surface area contributed by atoms with Gasteiger partial charge >= 0.3 is 0 Å². The lowest BCUT2D eigenvalue weighted by atomic mass is 9.85. The first-order chi connectivity index (χ1) is 10.2. The number of allylic oxidation sites excluding steroid dienone is 4. The second kappa shape index (κ2) is 3.89. The third kappa shape index (κ3) is 1.45. The number of hydrogen-bond acceptors (Lipinski definition) is 2. The highest BCUT2D eigenvalue weighted by molar-refractivity contribution is 7.92. The summed E-state index contributed by atoms with van der Waals surface area (Å²) in [6.07, 6.45) is 7.81. The maximum Gasteiger partial charge on any atom is 0.181 e. The van der Waals surface area contributed by atoms with E-state index in [0.717, 1.165) is 12.8 Å². The van der Waals surface area contributed by atoms with Gasteiger partial charge in [-0.15, -0.1) is 0 Å². The Kier molecular flexibility index (Phi) is 2.26. The van der Waals surface area contributed by atoms with E-state index in [2.05, 4.69) is 12.2 Å². The van der Waals surface area contributed by atoms with Gasteiger partial charge in [-0.25, -0.2) is 8.42 Å². The first-order valence-corrected chi connectivity index (χ1v) is 9.42. The second-order valence-corrected chi connectivity index (χ2v) is 9.08. The zero-order chi connectivity index (χ0) is 14.2. The third-order valence-corrected chi connectivity index (χ3v) is 8.28. The van der Waals surface area contributed by atoms with Crippen molar-refractivity contribution in [3.63, 3.8) is 0 Å². The van der Waals surface area contributed by atoms with Crippen molar-refractivity contribution in [1.29, 1.82) is 0 Å². The molecule has 3 heteroatoms. The summed E-state index contributed by atoms with van der Waals surface area (Å²) in [5, 5.41) is -0.184. The third-order valence-electron chi connectivity index (χ3n) is 6.03. The minimum atomic E-state index is -3.18. The Bertz CT molecular complexity index is 773. The van der Waals surface area contributed by atoms with Crippen LogP contribution < -0.4 is 0 Å². The lowest BCUT2D eigenvalue weighted by Gasteiger charge is -2.28. The largest absolute Gasteiger partial charge is 0.223 e. The highest BCUT2D eigenvalue weighted by atomic mass is 32.2. The molecular formula is C18H18O2S. The van der Waals surface area contributed by atoms with Crippen LogP contribution in [0.1, 0.15) is 19.3 Å². The van der Waals surface area contributed by atoms with Gasteiger partial charge in [-0.2, -0.15) is 0 Å². The van der Waals surface area contributed by atoms with Gasteiger partial charge in [-0.1, -0.05) is 41.5 Å². The Morgan fingerprint density at radius 3 is 2.33 bits per heavy atom. The lowest BCUT2D eigenvalue weighted by molar-refractivity contribution is 0.536. The van der Waals surface area contributed by atoms with Gasteiger partial charge < -0.3 is 0 Å². The van der Waals surface area contributed by atoms with Gasteiger partial charge in [0.15, 0.2) is 9.84 Å². The molecule has 1 saturated carbocycles. The number of rotatable bonds is 2. The SMILES string of the molecule is O=S(=O)(c1ccccc1)[C@@H]1C[C@H]2C[C@H]1C1=C2[C@H]2C=C[C@H]1C2. The molecule has 0 heterocycles. The molecule has 0 aromatic heterocycles. The smallest absolute Gasteiger partial charge is 0.181 e. The van der Waals surface area contributed by atoms with E-state index in [9.17, 15) is 8.42 Å². The van der Waals surface area contributed by atoms with Crippen molar-refractivity contribution >= 4 is 9.84 Å². The van der Waals surface area contributed by atoms with Crippen molar-refractivity contribution in [1.82, 2.24) is 0 Å². The summed E-state index contributed by atoms with van der Waals surface area (Å²) in [4.78, 5) is 0.503. The quantitative estimate of drug-likeness (QED) is 0.619. The van der Waals surface area contributed by atoms with Crippen LogP contribution in [0, 0.1) is 23.7 Å². The summed E-state index contributed by atoms with van der Waals surface area (Å²) in [6.45, 7) is 0. The van der Waals surface area contributed by atoms with Crippen LogP contribution in [0.15, 0.2) is 58.5 Å². The van der Waals surface area contributed by atoms with E-state index in [1.54, 1.807) is 17.7 Å². The Balaban J connectivity index is 1.56. The maximum atomic E-state index is 13.0. The molecule has 5 rings (SSSR count). The summed E-state index contributed by atoms with van der Waals surface area (Å²) >= 11 is 0. The highest BCUT2D eigenvalue weighted by Crippen LogP contribution is 2.62. The molecule has 0 radical (unpaired) electrons. The van der Waals surface area contributed by atoms with Crippen LogP contribution in [0.25, 0.3) is 0 Å². The van der Waals surface area contributed by atoms with Gasteiger partial charge in [0, 0.05) is 0 Å². The fourth-order valence-corrected chi connectivity index (χ4v) is 7.39. The summed E-state index contributed by atoms with van der Waals surface area (Å²) in [6, 6.07) is 9.02. The molecule has 2 nitrogen and oxygen atoms in total. The van der Waals surface area contributed by atoms with E-state index in [1.807, 2.05) is 18.2 Å². The first-order valence-electron chi connectivity index (χ1n) is 7.87. The van der Waals surface area contributed by atoms with E-state index < -0.39 is 9.84 Å². The predicted molar refractivity (Wildman–Crippen MR) is 81.4 cm³/mol. The number of fused-ring (bicyclic) bond motifs is 8. The van der Waals surface area contributed by atoms with Crippen LogP contribution in [0.4, 0.5) is 0 Å². The highest BCUT2D eigenvalue weighted by Gasteiger charge is 2.56. The molecule has 0 amide bonds. The molecule has 0 spiro atoms. The molecule has 1 aromatic rings. The summed E-state index contributed by atoms with van der Waals surface area (Å²) in [5.74, 6) is 2.01. The van der Waals surface area contributed by atoms with Gasteiger partial charge in [0.05, 0.1) is 10.1 Å². The average Bonchev–Trinajstić information content (AvgIpc) is 3.26. The van der Waals surface area contributed by atoms with Crippen molar-refractivity contribution in [2.75, 3.05) is 0 Å². The normalized spacial score (nSPS) is 39.3. The van der Waals surface area contributed by atoms with Gasteiger partial charge in [0.2, 0.25) is 0 Å². The molecule has 1 fully saturated rings. The van der Waals surface area contributed by atoms with Crippen LogP contribution in [0.5, 0.6) is 0 Å². The summed E-state index contributed by atoms with van der Waals surface area (Å²) in [5.41, 5.74) is 3.15. The molecule has 5 atom stereocenters. The molecule has 0 aliphatic heterocycles. The average molecular weight is 298 g/mol. The molecule has 4 bridgehead atoms. The van der Waals surface area contributed by atoms with Gasteiger partial charge in [-0.3, -0.25) is 0 Å². The lowest BCUT2D eigenvalue weighted by Crippen LogP contribution is -2.30. The molecular weight excluding hydrogens is 280 g/mol. The van der Waals surface area contributed by atoms with E-state index in [-0.39, 0.29) is 11.2 Å². The molecule has 0 unspecified atom stereocenters. The van der Waals surface area contributed by atoms with E-state index in [4.69, 9.17) is 0 Å². The Labute approximate surface area is 125 Å². The number of benzene rings is 1.